The smallest absolute Gasteiger partial charge is 0.106 e. The predicted molar refractivity (Wildman–Crippen MR) is 88.0 cm³/mol. The Balaban J connectivity index is 1.30. The summed E-state index contributed by atoms with van der Waals surface area (Å²) in [7, 11) is 0. The Morgan fingerprint density at radius 3 is 1.57 bits per heavy atom. The predicted octanol–water partition coefficient (Wildman–Crippen LogP) is 3.70. The van der Waals surface area contributed by atoms with Crippen molar-refractivity contribution in [3.8, 4) is 0 Å². The van der Waals surface area contributed by atoms with Gasteiger partial charge in [-0.25, -0.2) is 0 Å². The van der Waals surface area contributed by atoms with Gasteiger partial charge in [0, 0.05) is 13.1 Å². The van der Waals surface area contributed by atoms with Crippen LogP contribution in [0.4, 0.5) is 0 Å². The van der Waals surface area contributed by atoms with Gasteiger partial charge < -0.3 is 0 Å². The highest BCUT2D eigenvalue weighted by Gasteiger charge is 2.30. The minimum absolute atomic E-state index is 0.170. The van der Waals surface area contributed by atoms with Gasteiger partial charge in [0.05, 0.1) is 6.67 Å². The fourth-order valence-electron chi connectivity index (χ4n) is 3.27. The van der Waals surface area contributed by atoms with Crippen molar-refractivity contribution in [2.45, 2.75) is 25.0 Å². The van der Waals surface area contributed by atoms with Crippen molar-refractivity contribution in [2.24, 2.45) is 0 Å². The lowest BCUT2D eigenvalue weighted by Gasteiger charge is -2.23. The van der Waals surface area contributed by atoms with Gasteiger partial charge in [0.15, 0.2) is 0 Å². The molecule has 120 valence electrons. The zero-order chi connectivity index (χ0) is 15.5. The normalized spacial score (nSPS) is 25.9. The van der Waals surface area contributed by atoms with E-state index in [9.17, 15) is 0 Å². The zero-order valence-electron chi connectivity index (χ0n) is 13.2. The van der Waals surface area contributed by atoms with Crippen LogP contribution in [0, 0.1) is 0 Å². The highest BCUT2D eigenvalue weighted by molar-refractivity contribution is 5.18. The first-order valence-corrected chi connectivity index (χ1v) is 8.32. The summed E-state index contributed by atoms with van der Waals surface area (Å²) >= 11 is 0. The number of benzene rings is 2. The molecular weight excluding hydrogens is 288 g/mol. The van der Waals surface area contributed by atoms with Crippen molar-refractivity contribution < 1.29 is 9.68 Å². The van der Waals surface area contributed by atoms with Crippen LogP contribution in [0.1, 0.15) is 36.2 Å². The second-order valence-corrected chi connectivity index (χ2v) is 6.14. The van der Waals surface area contributed by atoms with E-state index in [2.05, 4.69) is 48.5 Å². The van der Waals surface area contributed by atoms with Gasteiger partial charge in [-0.05, 0) is 24.0 Å². The molecular formula is C19H22N2O2. The maximum atomic E-state index is 6.06. The first kappa shape index (κ1) is 14.8. The summed E-state index contributed by atoms with van der Waals surface area (Å²) in [6.07, 6.45) is 2.40. The van der Waals surface area contributed by atoms with Crippen LogP contribution in [0.2, 0.25) is 0 Å². The van der Waals surface area contributed by atoms with Crippen LogP contribution < -0.4 is 0 Å². The molecule has 0 radical (unpaired) electrons. The fraction of sp³-hybridized carbons (Fsp3) is 0.368. The molecule has 0 saturated carbocycles. The second-order valence-electron chi connectivity index (χ2n) is 6.14. The Morgan fingerprint density at radius 1 is 0.696 bits per heavy atom. The molecule has 2 aromatic carbocycles. The van der Waals surface area contributed by atoms with Crippen LogP contribution in [0.5, 0.6) is 0 Å². The van der Waals surface area contributed by atoms with Crippen molar-refractivity contribution in [2.75, 3.05) is 19.8 Å². The van der Waals surface area contributed by atoms with E-state index in [1.165, 1.54) is 11.1 Å². The number of hydroxylamine groups is 4. The molecule has 2 saturated heterocycles. The topological polar surface area (TPSA) is 24.9 Å². The quantitative estimate of drug-likeness (QED) is 0.859. The number of nitrogens with zero attached hydrogens (tertiary/aromatic N) is 2. The largest absolute Gasteiger partial charge is 0.290 e. The van der Waals surface area contributed by atoms with Gasteiger partial charge in [0.2, 0.25) is 0 Å². The average molecular weight is 310 g/mol. The Kier molecular flexibility index (Phi) is 4.39. The monoisotopic (exact) mass is 310 g/mol. The van der Waals surface area contributed by atoms with E-state index in [4.69, 9.17) is 9.68 Å². The third-order valence-electron chi connectivity index (χ3n) is 4.49. The minimum atomic E-state index is 0.170. The summed E-state index contributed by atoms with van der Waals surface area (Å²) in [5.74, 6) is 0. The van der Waals surface area contributed by atoms with E-state index < -0.39 is 0 Å². The molecule has 0 bridgehead atoms. The van der Waals surface area contributed by atoms with Gasteiger partial charge in [-0.3, -0.25) is 9.68 Å². The highest BCUT2D eigenvalue weighted by atomic mass is 16.7. The summed E-state index contributed by atoms with van der Waals surface area (Å²) < 4.78 is 0. The average Bonchev–Trinajstić information content (AvgIpc) is 3.27. The molecule has 2 aliphatic heterocycles. The van der Waals surface area contributed by atoms with Crippen molar-refractivity contribution >= 4 is 0 Å². The molecule has 2 aromatic rings. The SMILES string of the molecule is c1ccc(C2CCN(CN3CCC(c4ccccc4)O3)O2)cc1. The summed E-state index contributed by atoms with van der Waals surface area (Å²) in [6.45, 7) is 2.58. The molecule has 0 N–H and O–H groups in total. The van der Waals surface area contributed by atoms with E-state index >= 15 is 0 Å². The second kappa shape index (κ2) is 6.81. The standard InChI is InChI=1S/C19H22N2O2/c1-3-7-16(8-4-1)18-11-13-20(22-18)15-21-14-12-19(23-21)17-9-5-2-6-10-17/h1-10,18-19H,11-15H2. The van der Waals surface area contributed by atoms with Gasteiger partial charge in [0.25, 0.3) is 0 Å². The van der Waals surface area contributed by atoms with Gasteiger partial charge in [-0.2, -0.15) is 10.1 Å². The summed E-state index contributed by atoms with van der Waals surface area (Å²) in [6, 6.07) is 20.9. The molecule has 0 aliphatic carbocycles. The summed E-state index contributed by atoms with van der Waals surface area (Å²) in [5.41, 5.74) is 2.50. The first-order chi connectivity index (χ1) is 11.4. The maximum Gasteiger partial charge on any atom is 0.106 e. The Bertz CT molecular complexity index is 564. The van der Waals surface area contributed by atoms with E-state index in [1.807, 2.05) is 22.3 Å². The van der Waals surface area contributed by atoms with Crippen molar-refractivity contribution in [3.63, 3.8) is 0 Å². The molecule has 4 nitrogen and oxygen atoms in total. The van der Waals surface area contributed by atoms with E-state index in [0.717, 1.165) is 25.9 Å². The van der Waals surface area contributed by atoms with Gasteiger partial charge in [-0.15, -0.1) is 0 Å². The maximum absolute atomic E-state index is 6.06. The summed E-state index contributed by atoms with van der Waals surface area (Å²) in [5, 5.41) is 4.04. The van der Waals surface area contributed by atoms with Crippen molar-refractivity contribution in [1.29, 1.82) is 0 Å². The molecule has 2 fully saturated rings. The molecule has 2 heterocycles. The van der Waals surface area contributed by atoms with Gasteiger partial charge in [-0.1, -0.05) is 60.7 Å². The Labute approximate surface area is 137 Å². The molecule has 23 heavy (non-hydrogen) atoms. The van der Waals surface area contributed by atoms with E-state index in [0.29, 0.717) is 6.67 Å². The highest BCUT2D eigenvalue weighted by Crippen LogP contribution is 2.31. The van der Waals surface area contributed by atoms with Crippen LogP contribution in [-0.4, -0.2) is 29.9 Å². The molecule has 2 unspecified atom stereocenters. The number of rotatable bonds is 4. The van der Waals surface area contributed by atoms with Crippen LogP contribution in [0.15, 0.2) is 60.7 Å². The van der Waals surface area contributed by atoms with Crippen LogP contribution in [0.3, 0.4) is 0 Å². The third-order valence-corrected chi connectivity index (χ3v) is 4.49. The lowest BCUT2D eigenvalue weighted by atomic mass is 10.1. The molecule has 0 aromatic heterocycles. The molecule has 0 amide bonds. The van der Waals surface area contributed by atoms with Crippen molar-refractivity contribution in [3.05, 3.63) is 71.8 Å². The van der Waals surface area contributed by atoms with Crippen LogP contribution >= 0.6 is 0 Å². The Hall–Kier alpha value is -1.72. The van der Waals surface area contributed by atoms with E-state index in [-0.39, 0.29) is 12.2 Å². The summed E-state index contributed by atoms with van der Waals surface area (Å²) in [4.78, 5) is 12.1. The molecule has 0 spiro atoms. The minimum Gasteiger partial charge on any atom is -0.290 e. The van der Waals surface area contributed by atoms with Crippen LogP contribution in [-0.2, 0) is 9.68 Å². The first-order valence-electron chi connectivity index (χ1n) is 8.32. The van der Waals surface area contributed by atoms with Crippen molar-refractivity contribution in [1.82, 2.24) is 10.1 Å². The number of hydrogen-bond acceptors (Lipinski definition) is 4. The molecule has 2 atom stereocenters. The van der Waals surface area contributed by atoms with Crippen LogP contribution in [0.25, 0.3) is 0 Å². The Morgan fingerprint density at radius 2 is 1.13 bits per heavy atom. The molecule has 4 heteroatoms. The fourth-order valence-corrected chi connectivity index (χ4v) is 3.27. The van der Waals surface area contributed by atoms with Gasteiger partial charge in [0.1, 0.15) is 12.2 Å². The number of hydrogen-bond donors (Lipinski definition) is 0. The lowest BCUT2D eigenvalue weighted by molar-refractivity contribution is -0.241. The zero-order valence-corrected chi connectivity index (χ0v) is 13.2. The van der Waals surface area contributed by atoms with E-state index in [1.54, 1.807) is 0 Å². The molecule has 4 rings (SSSR count). The van der Waals surface area contributed by atoms with Gasteiger partial charge >= 0.3 is 0 Å². The third kappa shape index (κ3) is 3.46. The lowest BCUT2D eigenvalue weighted by Crippen LogP contribution is -2.33. The molecule has 2 aliphatic rings.